The summed E-state index contributed by atoms with van der Waals surface area (Å²) in [6.45, 7) is -1.32. The topological polar surface area (TPSA) is 131 Å². The maximum atomic E-state index is 13.3. The Hall–Kier alpha value is -1.69. The van der Waals surface area contributed by atoms with Gasteiger partial charge >= 0.3 is 5.69 Å². The first-order valence-electron chi connectivity index (χ1n) is 5.71. The first-order valence-corrected chi connectivity index (χ1v) is 5.71. The maximum absolute atomic E-state index is 13.3. The minimum absolute atomic E-state index is 0.374. The molecule has 4 atom stereocenters. The van der Waals surface area contributed by atoms with Crippen LogP contribution in [0.25, 0.3) is 0 Å². The van der Waals surface area contributed by atoms with Crippen molar-refractivity contribution >= 4 is 5.82 Å². The molecule has 21 heavy (non-hydrogen) atoms. The van der Waals surface area contributed by atoms with Gasteiger partial charge in [0, 0.05) is 0 Å². The highest BCUT2D eigenvalue weighted by Crippen LogP contribution is 2.40. The lowest BCUT2D eigenvalue weighted by Crippen LogP contribution is -2.52. The zero-order valence-electron chi connectivity index (χ0n) is 10.4. The van der Waals surface area contributed by atoms with Crippen LogP contribution < -0.4 is 11.4 Å². The van der Waals surface area contributed by atoms with Gasteiger partial charge in [-0.1, -0.05) is 0 Å². The van der Waals surface area contributed by atoms with Gasteiger partial charge in [0.1, 0.15) is 12.2 Å². The fraction of sp³-hybridized carbons (Fsp3) is 0.600. The Balaban J connectivity index is 2.47. The van der Waals surface area contributed by atoms with Crippen molar-refractivity contribution in [3.63, 3.8) is 0 Å². The summed E-state index contributed by atoms with van der Waals surface area (Å²) in [7, 11) is 0. The van der Waals surface area contributed by atoms with Crippen LogP contribution in [0, 0.1) is 5.82 Å². The average molecular weight is 311 g/mol. The molecular weight excluding hydrogens is 299 g/mol. The summed E-state index contributed by atoms with van der Waals surface area (Å²) < 4.78 is 44.5. The second-order valence-electron chi connectivity index (χ2n) is 4.52. The summed E-state index contributed by atoms with van der Waals surface area (Å²) in [5.74, 6) is -1.86. The molecule has 5 N–H and O–H groups in total. The normalized spacial score (nSPS) is 32.8. The Kier molecular flexibility index (Phi) is 3.93. The molecule has 118 valence electrons. The van der Waals surface area contributed by atoms with Gasteiger partial charge in [0.05, 0.1) is 12.8 Å². The van der Waals surface area contributed by atoms with Crippen molar-refractivity contribution in [3.05, 3.63) is 22.5 Å². The van der Waals surface area contributed by atoms with Crippen LogP contribution in [-0.2, 0) is 4.74 Å². The van der Waals surface area contributed by atoms with E-state index in [2.05, 4.69) is 4.98 Å². The van der Waals surface area contributed by atoms with E-state index in [0.29, 0.717) is 10.8 Å². The van der Waals surface area contributed by atoms with E-state index >= 15 is 0 Å². The van der Waals surface area contributed by atoms with Gasteiger partial charge in [0.2, 0.25) is 0 Å². The largest absolute Gasteiger partial charge is 0.393 e. The van der Waals surface area contributed by atoms with Crippen molar-refractivity contribution in [2.24, 2.45) is 0 Å². The van der Waals surface area contributed by atoms with Crippen molar-refractivity contribution in [2.75, 3.05) is 12.3 Å². The summed E-state index contributed by atoms with van der Waals surface area (Å²) in [6.07, 6.45) is -8.91. The Morgan fingerprint density at radius 1 is 1.52 bits per heavy atom. The number of anilines is 1. The quantitative estimate of drug-likeness (QED) is 0.518. The average Bonchev–Trinajstić information content (AvgIpc) is 2.68. The molecule has 1 aliphatic rings. The van der Waals surface area contributed by atoms with E-state index < -0.39 is 54.4 Å². The van der Waals surface area contributed by atoms with Gasteiger partial charge < -0.3 is 25.8 Å². The fourth-order valence-corrected chi connectivity index (χ4v) is 2.05. The van der Waals surface area contributed by atoms with Gasteiger partial charge in [-0.05, 0) is 0 Å². The Labute approximate surface area is 115 Å². The van der Waals surface area contributed by atoms with Crippen LogP contribution in [0.2, 0.25) is 0 Å². The van der Waals surface area contributed by atoms with Crippen molar-refractivity contribution in [3.8, 4) is 0 Å². The molecule has 8 nitrogen and oxygen atoms in total. The first kappa shape index (κ1) is 15.7. The Morgan fingerprint density at radius 3 is 2.62 bits per heavy atom. The molecule has 1 fully saturated rings. The minimum atomic E-state index is -3.36. The van der Waals surface area contributed by atoms with Crippen molar-refractivity contribution in [1.82, 2.24) is 9.55 Å². The highest BCUT2D eigenvalue weighted by atomic mass is 19.3. The maximum Gasteiger partial charge on any atom is 0.351 e. The van der Waals surface area contributed by atoms with E-state index in [1.165, 1.54) is 0 Å². The monoisotopic (exact) mass is 311 g/mol. The molecule has 1 aromatic heterocycles. The highest BCUT2D eigenvalue weighted by molar-refractivity contribution is 5.26. The third-order valence-corrected chi connectivity index (χ3v) is 3.28. The number of aromatic nitrogens is 2. The molecule has 0 radical (unpaired) electrons. The molecule has 0 aromatic carbocycles. The van der Waals surface area contributed by atoms with Crippen molar-refractivity contribution in [2.45, 2.75) is 30.5 Å². The summed E-state index contributed by atoms with van der Waals surface area (Å²) in [5, 5.41) is 28.4. The SMILES string of the molecule is Nc1nc(=O)n([C@@H]2O[C@@](CO)(C(F)F)[C@@H](O)[C@H]2O)cc1F. The fourth-order valence-electron chi connectivity index (χ4n) is 2.05. The molecule has 0 bridgehead atoms. The molecule has 2 heterocycles. The molecule has 1 saturated heterocycles. The number of aliphatic hydroxyl groups excluding tert-OH is 3. The van der Waals surface area contributed by atoms with Crippen LogP contribution in [0.4, 0.5) is 19.0 Å². The number of ether oxygens (including phenoxy) is 1. The lowest BCUT2D eigenvalue weighted by molar-refractivity contribution is -0.196. The number of aliphatic hydroxyl groups is 3. The number of nitrogens with zero attached hydrogens (tertiary/aromatic N) is 2. The van der Waals surface area contributed by atoms with Crippen LogP contribution in [0.1, 0.15) is 6.23 Å². The summed E-state index contributed by atoms with van der Waals surface area (Å²) in [5.41, 5.74) is 1.10. The van der Waals surface area contributed by atoms with E-state index in [1.807, 2.05) is 0 Å². The molecule has 2 rings (SSSR count). The number of alkyl halides is 2. The predicted molar refractivity (Wildman–Crippen MR) is 60.8 cm³/mol. The lowest BCUT2D eigenvalue weighted by Gasteiger charge is -2.28. The van der Waals surface area contributed by atoms with E-state index in [4.69, 9.17) is 15.6 Å². The van der Waals surface area contributed by atoms with Crippen LogP contribution in [0.15, 0.2) is 11.0 Å². The molecule has 0 amide bonds. The Bertz CT molecular complexity index is 598. The summed E-state index contributed by atoms with van der Waals surface area (Å²) in [4.78, 5) is 14.7. The molecule has 0 saturated carbocycles. The van der Waals surface area contributed by atoms with E-state index in [9.17, 15) is 28.2 Å². The van der Waals surface area contributed by atoms with Crippen LogP contribution >= 0.6 is 0 Å². The Morgan fingerprint density at radius 2 is 2.14 bits per heavy atom. The molecular formula is C10H12F3N3O5. The highest BCUT2D eigenvalue weighted by Gasteiger charge is 2.60. The molecule has 0 aliphatic carbocycles. The number of nitrogens with two attached hydrogens (primary N) is 1. The van der Waals surface area contributed by atoms with E-state index in [0.717, 1.165) is 0 Å². The van der Waals surface area contributed by atoms with Gasteiger partial charge in [-0.15, -0.1) is 0 Å². The van der Waals surface area contributed by atoms with Gasteiger partial charge in [-0.2, -0.15) is 4.98 Å². The third kappa shape index (κ3) is 2.27. The van der Waals surface area contributed by atoms with E-state index in [-0.39, 0.29) is 0 Å². The minimum Gasteiger partial charge on any atom is -0.393 e. The number of hydrogen-bond acceptors (Lipinski definition) is 7. The smallest absolute Gasteiger partial charge is 0.351 e. The third-order valence-electron chi connectivity index (χ3n) is 3.28. The summed E-state index contributed by atoms with van der Waals surface area (Å²) in [6, 6.07) is 0. The van der Waals surface area contributed by atoms with Crippen molar-refractivity contribution in [1.29, 1.82) is 0 Å². The van der Waals surface area contributed by atoms with Gasteiger partial charge in [0.25, 0.3) is 6.43 Å². The zero-order valence-corrected chi connectivity index (χ0v) is 10.4. The van der Waals surface area contributed by atoms with Gasteiger partial charge in [-0.25, -0.2) is 18.0 Å². The lowest BCUT2D eigenvalue weighted by atomic mass is 9.96. The number of hydrogen-bond donors (Lipinski definition) is 4. The van der Waals surface area contributed by atoms with Crippen LogP contribution in [-0.4, -0.2) is 55.7 Å². The number of halogens is 3. The number of rotatable bonds is 3. The molecule has 0 spiro atoms. The zero-order chi connectivity index (χ0) is 15.9. The van der Waals surface area contributed by atoms with Gasteiger partial charge in [0.15, 0.2) is 23.5 Å². The molecule has 11 heteroatoms. The predicted octanol–water partition coefficient (Wildman–Crippen LogP) is -1.79. The molecule has 1 aromatic rings. The molecule has 1 aliphatic heterocycles. The standard InChI is InChI=1S/C10H12F3N3O5/c11-3-1-16(9(20)15-6(3)14)7-4(18)5(19)10(2-17,21-7)8(12)13/h1,4-5,7-8,17-19H,2H2,(H2,14,15,20)/t4-,5+,7-,10-/m1/s1. The van der Waals surface area contributed by atoms with Gasteiger partial charge in [-0.3, -0.25) is 4.57 Å². The van der Waals surface area contributed by atoms with Crippen LogP contribution in [0.3, 0.4) is 0 Å². The molecule has 0 unspecified atom stereocenters. The second-order valence-corrected chi connectivity index (χ2v) is 4.52. The van der Waals surface area contributed by atoms with E-state index in [1.54, 1.807) is 0 Å². The van der Waals surface area contributed by atoms with Crippen molar-refractivity contribution < 1.29 is 33.2 Å². The van der Waals surface area contributed by atoms with Crippen LogP contribution in [0.5, 0.6) is 0 Å². The second kappa shape index (κ2) is 5.26. The first-order chi connectivity index (χ1) is 9.74. The summed E-state index contributed by atoms with van der Waals surface area (Å²) >= 11 is 0. The number of nitrogen functional groups attached to an aromatic ring is 1.